The fourth-order valence-electron chi connectivity index (χ4n) is 3.77. The van der Waals surface area contributed by atoms with Crippen molar-refractivity contribution in [2.45, 2.75) is 38.4 Å². The number of esters is 1. The van der Waals surface area contributed by atoms with E-state index in [4.69, 9.17) is 18.9 Å². The fraction of sp³-hybridized carbons (Fsp3) is 0.333. The molecule has 1 aliphatic heterocycles. The Kier molecular flexibility index (Phi) is 7.77. The van der Waals surface area contributed by atoms with Crippen molar-refractivity contribution in [2.24, 2.45) is 0 Å². The van der Waals surface area contributed by atoms with E-state index in [2.05, 4.69) is 0 Å². The van der Waals surface area contributed by atoms with Crippen molar-refractivity contribution >= 4 is 23.2 Å². The Morgan fingerprint density at radius 2 is 1.94 bits per heavy atom. The molecule has 4 rings (SSSR count). The summed E-state index contributed by atoms with van der Waals surface area (Å²) in [4.78, 5) is 50.9. The van der Waals surface area contributed by atoms with Crippen LogP contribution in [0.15, 0.2) is 57.6 Å². The molecule has 1 fully saturated rings. The summed E-state index contributed by atoms with van der Waals surface area (Å²) in [7, 11) is 1.44. The van der Waals surface area contributed by atoms with Gasteiger partial charge in [-0.3, -0.25) is 19.0 Å². The molecule has 3 aromatic rings. The van der Waals surface area contributed by atoms with Crippen LogP contribution >= 0.6 is 11.3 Å². The molecule has 1 aromatic carbocycles. The molecule has 2 aromatic heterocycles. The van der Waals surface area contributed by atoms with Gasteiger partial charge in [0.1, 0.15) is 24.7 Å². The van der Waals surface area contributed by atoms with Crippen LogP contribution in [0.3, 0.4) is 0 Å². The first-order chi connectivity index (χ1) is 17.3. The minimum absolute atomic E-state index is 0.00983. The lowest BCUT2D eigenvalue weighted by Crippen LogP contribution is -2.46. The normalized spacial score (nSPS) is 19.2. The molecule has 3 atom stereocenters. The summed E-state index contributed by atoms with van der Waals surface area (Å²) in [6, 6.07) is 9.44. The lowest BCUT2D eigenvalue weighted by atomic mass is 10.2. The quantitative estimate of drug-likeness (QED) is 0.418. The fourth-order valence-corrected chi connectivity index (χ4v) is 4.39. The van der Waals surface area contributed by atoms with Gasteiger partial charge in [0.05, 0.1) is 26.0 Å². The summed E-state index contributed by atoms with van der Waals surface area (Å²) in [5.74, 6) is -2.37. The predicted octanol–water partition coefficient (Wildman–Crippen LogP) is 2.34. The number of methoxy groups -OCH3 is 1. The van der Waals surface area contributed by atoms with Gasteiger partial charge in [0.2, 0.25) is 5.82 Å². The van der Waals surface area contributed by atoms with Crippen LogP contribution < -0.4 is 16.0 Å². The topological polar surface area (TPSA) is 115 Å². The molecule has 10 nitrogen and oxygen atoms in total. The van der Waals surface area contributed by atoms with E-state index in [1.54, 1.807) is 0 Å². The Hall–Kier alpha value is -3.61. The maximum atomic E-state index is 14.6. The smallest absolute Gasteiger partial charge is 0.340 e. The van der Waals surface area contributed by atoms with Crippen LogP contribution in [0, 0.1) is 5.82 Å². The monoisotopic (exact) mass is 518 g/mol. The molecule has 0 bridgehead atoms. The van der Waals surface area contributed by atoms with Gasteiger partial charge in [-0.15, -0.1) is 11.3 Å². The molecule has 1 saturated heterocycles. The maximum absolute atomic E-state index is 14.6. The Morgan fingerprint density at radius 1 is 1.19 bits per heavy atom. The molecule has 12 heteroatoms. The molecule has 1 aliphatic rings. The standard InChI is InChI=1S/C24H23FN2O8S/c1-14(28)33-13-20-19(34-12-17-4-3-9-36-17)10-21(35-20)26-11-18(25)23(30)27(24(26)31)22(29)15-5-7-16(32-2)8-6-15/h3-9,11,19-21H,10,12-13H2,1-2H3/t19?,20-,21-/m0/s1. The highest BCUT2D eigenvalue weighted by molar-refractivity contribution is 7.09. The lowest BCUT2D eigenvalue weighted by molar-refractivity contribution is -0.148. The third-order valence-electron chi connectivity index (χ3n) is 5.57. The Labute approximate surface area is 208 Å². The van der Waals surface area contributed by atoms with Crippen molar-refractivity contribution in [1.82, 2.24) is 9.13 Å². The Bertz CT molecular complexity index is 1350. The zero-order chi connectivity index (χ0) is 25.8. The number of benzene rings is 1. The van der Waals surface area contributed by atoms with E-state index in [1.165, 1.54) is 49.6 Å². The van der Waals surface area contributed by atoms with Gasteiger partial charge < -0.3 is 18.9 Å². The zero-order valence-electron chi connectivity index (χ0n) is 19.4. The van der Waals surface area contributed by atoms with Gasteiger partial charge in [0, 0.05) is 23.8 Å². The van der Waals surface area contributed by atoms with E-state index in [0.29, 0.717) is 11.9 Å². The second-order valence-corrected chi connectivity index (χ2v) is 8.97. The average molecular weight is 519 g/mol. The van der Waals surface area contributed by atoms with Gasteiger partial charge in [-0.25, -0.2) is 4.79 Å². The summed E-state index contributed by atoms with van der Waals surface area (Å²) >= 11 is 1.49. The van der Waals surface area contributed by atoms with Crippen LogP contribution in [-0.2, 0) is 25.6 Å². The Balaban J connectivity index is 1.63. The number of hydrogen-bond donors (Lipinski definition) is 0. The summed E-state index contributed by atoms with van der Waals surface area (Å²) in [5.41, 5.74) is -2.46. The average Bonchev–Trinajstić information content (AvgIpc) is 3.53. The Morgan fingerprint density at radius 3 is 2.58 bits per heavy atom. The highest BCUT2D eigenvalue weighted by atomic mass is 32.1. The molecular formula is C24H23FN2O8S. The second-order valence-electron chi connectivity index (χ2n) is 7.94. The van der Waals surface area contributed by atoms with Crippen molar-refractivity contribution in [2.75, 3.05) is 13.7 Å². The van der Waals surface area contributed by atoms with Crippen molar-refractivity contribution in [1.29, 1.82) is 0 Å². The van der Waals surface area contributed by atoms with Crippen molar-refractivity contribution in [3.05, 3.63) is 85.1 Å². The SMILES string of the molecule is COc1ccc(C(=O)n2c(=O)c(F)cn([C@@H]3CC(OCc4cccs4)[C@H](COC(C)=O)O3)c2=O)cc1. The van der Waals surface area contributed by atoms with E-state index >= 15 is 0 Å². The van der Waals surface area contributed by atoms with Crippen LogP contribution in [0.2, 0.25) is 0 Å². The van der Waals surface area contributed by atoms with Crippen LogP contribution in [0.5, 0.6) is 5.75 Å². The minimum Gasteiger partial charge on any atom is -0.497 e. The van der Waals surface area contributed by atoms with Crippen molar-refractivity contribution in [3.63, 3.8) is 0 Å². The van der Waals surface area contributed by atoms with E-state index < -0.39 is 47.4 Å². The molecule has 1 unspecified atom stereocenters. The molecule has 3 heterocycles. The van der Waals surface area contributed by atoms with E-state index in [9.17, 15) is 23.6 Å². The summed E-state index contributed by atoms with van der Waals surface area (Å²) in [5, 5.41) is 1.90. The number of carbonyl (C=O) groups is 2. The molecule has 0 radical (unpaired) electrons. The first-order valence-electron chi connectivity index (χ1n) is 10.9. The second kappa shape index (κ2) is 11.0. The van der Waals surface area contributed by atoms with Crippen LogP contribution in [0.4, 0.5) is 4.39 Å². The van der Waals surface area contributed by atoms with Gasteiger partial charge in [-0.05, 0) is 35.7 Å². The number of halogens is 1. The van der Waals surface area contributed by atoms with Crippen LogP contribution in [-0.4, -0.2) is 46.9 Å². The predicted molar refractivity (Wildman–Crippen MR) is 126 cm³/mol. The molecule has 0 N–H and O–H groups in total. The number of carbonyl (C=O) groups excluding carboxylic acids is 2. The zero-order valence-corrected chi connectivity index (χ0v) is 20.2. The maximum Gasteiger partial charge on any atom is 0.340 e. The number of hydrogen-bond acceptors (Lipinski definition) is 9. The van der Waals surface area contributed by atoms with Crippen LogP contribution in [0.25, 0.3) is 0 Å². The molecule has 190 valence electrons. The number of thiophene rings is 1. The number of ether oxygens (including phenoxy) is 4. The summed E-state index contributed by atoms with van der Waals surface area (Å²) in [6.45, 7) is 1.35. The first kappa shape index (κ1) is 25.5. The van der Waals surface area contributed by atoms with E-state index in [1.807, 2.05) is 17.5 Å². The number of nitrogens with zero attached hydrogens (tertiary/aromatic N) is 2. The molecule has 0 aliphatic carbocycles. The third kappa shape index (κ3) is 5.45. The van der Waals surface area contributed by atoms with Gasteiger partial charge in [-0.2, -0.15) is 8.96 Å². The lowest BCUT2D eigenvalue weighted by Gasteiger charge is -2.18. The number of rotatable bonds is 8. The largest absolute Gasteiger partial charge is 0.497 e. The highest BCUT2D eigenvalue weighted by Gasteiger charge is 2.39. The molecule has 0 spiro atoms. The highest BCUT2D eigenvalue weighted by Crippen LogP contribution is 2.31. The first-order valence-corrected chi connectivity index (χ1v) is 11.8. The minimum atomic E-state index is -1.38. The van der Waals surface area contributed by atoms with E-state index in [-0.39, 0.29) is 29.8 Å². The summed E-state index contributed by atoms with van der Waals surface area (Å²) < 4.78 is 37.6. The van der Waals surface area contributed by atoms with Gasteiger partial charge in [0.25, 0.3) is 11.5 Å². The molecule has 36 heavy (non-hydrogen) atoms. The van der Waals surface area contributed by atoms with E-state index in [0.717, 1.165) is 9.44 Å². The van der Waals surface area contributed by atoms with Gasteiger partial charge in [0.15, 0.2) is 0 Å². The molecule has 0 amide bonds. The van der Waals surface area contributed by atoms with Crippen molar-refractivity contribution in [3.8, 4) is 5.75 Å². The third-order valence-corrected chi connectivity index (χ3v) is 6.42. The molecular weight excluding hydrogens is 495 g/mol. The van der Waals surface area contributed by atoms with Gasteiger partial charge in [-0.1, -0.05) is 6.07 Å². The van der Waals surface area contributed by atoms with Gasteiger partial charge >= 0.3 is 11.7 Å². The van der Waals surface area contributed by atoms with Crippen LogP contribution in [0.1, 0.15) is 34.8 Å². The summed E-state index contributed by atoms with van der Waals surface area (Å²) in [6.07, 6.45) is -1.64. The number of aromatic nitrogens is 2. The van der Waals surface area contributed by atoms with Crippen molar-refractivity contribution < 1.29 is 32.9 Å². The molecule has 0 saturated carbocycles.